The Balaban J connectivity index is 0.00000162. The number of carbonyl (C=O) groups is 1. The maximum absolute atomic E-state index is 12.1. The quantitative estimate of drug-likeness (QED) is 0.812. The van der Waals surface area contributed by atoms with Crippen LogP contribution >= 0.6 is 28.3 Å². The van der Waals surface area contributed by atoms with Gasteiger partial charge in [0.15, 0.2) is 0 Å². The molecule has 1 aliphatic rings. The minimum absolute atomic E-state index is 0. The number of halogens is 2. The van der Waals surface area contributed by atoms with Gasteiger partial charge < -0.3 is 10.6 Å². The van der Waals surface area contributed by atoms with Crippen molar-refractivity contribution in [3.63, 3.8) is 0 Å². The van der Waals surface area contributed by atoms with Gasteiger partial charge in [0.25, 0.3) is 0 Å². The molecule has 100 valence electrons. The van der Waals surface area contributed by atoms with Gasteiger partial charge in [-0.2, -0.15) is 0 Å². The average Bonchev–Trinajstić information content (AvgIpc) is 3.11. The molecular formula is C13H18BrClN2O. The third-order valence-electron chi connectivity index (χ3n) is 3.24. The molecular weight excluding hydrogens is 316 g/mol. The van der Waals surface area contributed by atoms with E-state index in [4.69, 9.17) is 0 Å². The Labute approximate surface area is 122 Å². The molecule has 5 heteroatoms. The molecule has 0 spiro atoms. The number of carbonyl (C=O) groups excluding carboxylic acids is 1. The summed E-state index contributed by atoms with van der Waals surface area (Å²) < 4.78 is 1.05. The fourth-order valence-electron chi connectivity index (χ4n) is 2.01. The van der Waals surface area contributed by atoms with Crippen LogP contribution in [0.5, 0.6) is 0 Å². The lowest BCUT2D eigenvalue weighted by Gasteiger charge is -2.15. The highest BCUT2D eigenvalue weighted by atomic mass is 79.9. The van der Waals surface area contributed by atoms with E-state index in [1.807, 2.05) is 31.3 Å². The van der Waals surface area contributed by atoms with Gasteiger partial charge in [-0.1, -0.05) is 28.1 Å². The lowest BCUT2D eigenvalue weighted by atomic mass is 9.95. The number of benzene rings is 1. The van der Waals surface area contributed by atoms with Crippen LogP contribution in [-0.2, 0) is 10.2 Å². The monoisotopic (exact) mass is 332 g/mol. The predicted molar refractivity (Wildman–Crippen MR) is 79.2 cm³/mol. The van der Waals surface area contributed by atoms with Gasteiger partial charge in [-0.3, -0.25) is 4.79 Å². The molecule has 2 N–H and O–H groups in total. The highest BCUT2D eigenvalue weighted by Gasteiger charge is 2.50. The Morgan fingerprint density at radius 2 is 1.89 bits per heavy atom. The van der Waals surface area contributed by atoms with E-state index in [2.05, 4.69) is 26.6 Å². The zero-order valence-corrected chi connectivity index (χ0v) is 12.7. The number of hydrogen-bond donors (Lipinski definition) is 2. The SMILES string of the molecule is CNCCNC(=O)C1(c2ccc(Br)cc2)CC1.Cl. The molecule has 0 atom stereocenters. The Hall–Kier alpha value is -0.580. The molecule has 1 amide bonds. The number of likely N-dealkylation sites (N-methyl/N-ethyl adjacent to an activating group) is 1. The van der Waals surface area contributed by atoms with Gasteiger partial charge in [-0.05, 0) is 37.6 Å². The molecule has 0 bridgehead atoms. The van der Waals surface area contributed by atoms with Crippen LogP contribution in [0.3, 0.4) is 0 Å². The second-order valence-electron chi connectivity index (χ2n) is 4.45. The average molecular weight is 334 g/mol. The Bertz CT molecular complexity index is 404. The zero-order valence-electron chi connectivity index (χ0n) is 10.3. The summed E-state index contributed by atoms with van der Waals surface area (Å²) in [6.07, 6.45) is 1.92. The summed E-state index contributed by atoms with van der Waals surface area (Å²) in [6, 6.07) is 8.07. The highest BCUT2D eigenvalue weighted by molar-refractivity contribution is 9.10. The molecule has 3 nitrogen and oxygen atoms in total. The van der Waals surface area contributed by atoms with Crippen molar-refractivity contribution in [2.45, 2.75) is 18.3 Å². The fourth-order valence-corrected chi connectivity index (χ4v) is 2.28. The van der Waals surface area contributed by atoms with Gasteiger partial charge in [0, 0.05) is 17.6 Å². The van der Waals surface area contributed by atoms with Gasteiger partial charge >= 0.3 is 0 Å². The second kappa shape index (κ2) is 6.55. The van der Waals surface area contributed by atoms with E-state index < -0.39 is 0 Å². The van der Waals surface area contributed by atoms with Crippen molar-refractivity contribution in [3.05, 3.63) is 34.3 Å². The smallest absolute Gasteiger partial charge is 0.230 e. The minimum atomic E-state index is -0.256. The van der Waals surface area contributed by atoms with E-state index in [9.17, 15) is 4.79 Å². The lowest BCUT2D eigenvalue weighted by Crippen LogP contribution is -2.38. The molecule has 0 unspecified atom stereocenters. The topological polar surface area (TPSA) is 41.1 Å². The van der Waals surface area contributed by atoms with Gasteiger partial charge in [0.05, 0.1) is 5.41 Å². The van der Waals surface area contributed by atoms with Crippen LogP contribution in [0.1, 0.15) is 18.4 Å². The van der Waals surface area contributed by atoms with E-state index in [1.54, 1.807) is 0 Å². The van der Waals surface area contributed by atoms with Crippen LogP contribution < -0.4 is 10.6 Å². The normalized spacial score (nSPS) is 15.7. The van der Waals surface area contributed by atoms with Gasteiger partial charge in [0.1, 0.15) is 0 Å². The molecule has 0 saturated heterocycles. The molecule has 1 aromatic rings. The van der Waals surface area contributed by atoms with E-state index in [0.717, 1.165) is 29.4 Å². The van der Waals surface area contributed by atoms with Gasteiger partial charge in [-0.15, -0.1) is 12.4 Å². The summed E-state index contributed by atoms with van der Waals surface area (Å²) in [5.41, 5.74) is 0.872. The van der Waals surface area contributed by atoms with E-state index in [1.165, 1.54) is 0 Å². The maximum atomic E-state index is 12.1. The zero-order chi connectivity index (χ0) is 12.3. The van der Waals surface area contributed by atoms with Crippen molar-refractivity contribution in [3.8, 4) is 0 Å². The molecule has 1 aromatic carbocycles. The molecule has 1 saturated carbocycles. The standard InChI is InChI=1S/C13H17BrN2O.ClH/c1-15-8-9-16-12(17)13(6-7-13)10-2-4-11(14)5-3-10;/h2-5,15H,6-9H2,1H3,(H,16,17);1H. The molecule has 0 radical (unpaired) electrons. The van der Waals surface area contributed by atoms with Crippen LogP contribution in [0, 0.1) is 0 Å². The van der Waals surface area contributed by atoms with E-state index in [-0.39, 0.29) is 23.7 Å². The number of nitrogens with one attached hydrogen (secondary N) is 2. The van der Waals surface area contributed by atoms with Crippen LogP contribution in [0.25, 0.3) is 0 Å². The molecule has 0 heterocycles. The summed E-state index contributed by atoms with van der Waals surface area (Å²) in [5.74, 6) is 0.162. The Kier molecular flexibility index (Phi) is 5.63. The van der Waals surface area contributed by atoms with E-state index >= 15 is 0 Å². The molecule has 1 fully saturated rings. The van der Waals surface area contributed by atoms with Crippen LogP contribution in [0.4, 0.5) is 0 Å². The van der Waals surface area contributed by atoms with E-state index in [0.29, 0.717) is 6.54 Å². The number of hydrogen-bond acceptors (Lipinski definition) is 2. The fraction of sp³-hybridized carbons (Fsp3) is 0.462. The first-order valence-corrected chi connectivity index (χ1v) is 6.67. The largest absolute Gasteiger partial charge is 0.354 e. The van der Waals surface area contributed by atoms with Crippen LogP contribution in [0.15, 0.2) is 28.7 Å². The third kappa shape index (κ3) is 3.25. The van der Waals surface area contributed by atoms with Crippen LogP contribution in [0.2, 0.25) is 0 Å². The van der Waals surface area contributed by atoms with Gasteiger partial charge in [-0.25, -0.2) is 0 Å². The highest BCUT2D eigenvalue weighted by Crippen LogP contribution is 2.48. The second-order valence-corrected chi connectivity index (χ2v) is 5.36. The third-order valence-corrected chi connectivity index (χ3v) is 3.77. The molecule has 18 heavy (non-hydrogen) atoms. The Morgan fingerprint density at radius 1 is 1.28 bits per heavy atom. The van der Waals surface area contributed by atoms with Gasteiger partial charge in [0.2, 0.25) is 5.91 Å². The first-order valence-electron chi connectivity index (χ1n) is 5.88. The van der Waals surface area contributed by atoms with Crippen molar-refractivity contribution >= 4 is 34.2 Å². The van der Waals surface area contributed by atoms with Crippen LogP contribution in [-0.4, -0.2) is 26.0 Å². The first kappa shape index (κ1) is 15.5. The van der Waals surface area contributed by atoms with Crippen molar-refractivity contribution in [1.29, 1.82) is 0 Å². The molecule has 1 aliphatic carbocycles. The first-order chi connectivity index (χ1) is 8.19. The summed E-state index contributed by atoms with van der Waals surface area (Å²) in [5, 5.41) is 6.01. The lowest BCUT2D eigenvalue weighted by molar-refractivity contribution is -0.123. The summed E-state index contributed by atoms with van der Waals surface area (Å²) >= 11 is 3.41. The maximum Gasteiger partial charge on any atom is 0.230 e. The Morgan fingerprint density at radius 3 is 2.39 bits per heavy atom. The van der Waals surface area contributed by atoms with Crippen molar-refractivity contribution in [2.24, 2.45) is 0 Å². The number of amides is 1. The number of rotatable bonds is 5. The molecule has 0 aliphatic heterocycles. The summed E-state index contributed by atoms with van der Waals surface area (Å²) in [6.45, 7) is 1.50. The predicted octanol–water partition coefficient (Wildman–Crippen LogP) is 2.24. The summed E-state index contributed by atoms with van der Waals surface area (Å²) in [4.78, 5) is 12.1. The minimum Gasteiger partial charge on any atom is -0.354 e. The summed E-state index contributed by atoms with van der Waals surface area (Å²) in [7, 11) is 1.88. The van der Waals surface area contributed by atoms with Crippen molar-refractivity contribution in [2.75, 3.05) is 20.1 Å². The van der Waals surface area contributed by atoms with Crippen molar-refractivity contribution in [1.82, 2.24) is 10.6 Å². The van der Waals surface area contributed by atoms with Crippen molar-refractivity contribution < 1.29 is 4.79 Å². The molecule has 0 aromatic heterocycles. The molecule has 2 rings (SSSR count).